The van der Waals surface area contributed by atoms with Crippen molar-refractivity contribution in [3.05, 3.63) is 33.0 Å². The number of thiophene rings is 4. The van der Waals surface area contributed by atoms with Crippen LogP contribution in [0, 0.1) is 45.3 Å². The predicted molar refractivity (Wildman–Crippen MR) is 109 cm³/mol. The second-order valence-corrected chi connectivity index (χ2v) is 9.38. The van der Waals surface area contributed by atoms with Crippen LogP contribution in [0.5, 0.6) is 0 Å². The largest absolute Gasteiger partial charge is 0.192 e. The van der Waals surface area contributed by atoms with Crippen molar-refractivity contribution in [2.24, 2.45) is 0 Å². The first kappa shape index (κ1) is 16.5. The average molecular weight is 405 g/mol. The van der Waals surface area contributed by atoms with E-state index in [-0.39, 0.29) is 11.1 Å². The summed E-state index contributed by atoms with van der Waals surface area (Å²) in [7, 11) is 0. The van der Waals surface area contributed by atoms with E-state index in [1.807, 2.05) is 36.4 Å². The number of rotatable bonds is 2. The van der Waals surface area contributed by atoms with Gasteiger partial charge < -0.3 is 0 Å². The van der Waals surface area contributed by atoms with Crippen LogP contribution in [-0.4, -0.2) is 0 Å². The third-order valence-electron chi connectivity index (χ3n) is 3.53. The van der Waals surface area contributed by atoms with Gasteiger partial charge in [0.05, 0.1) is 18.8 Å². The Bertz CT molecular complexity index is 1280. The van der Waals surface area contributed by atoms with E-state index in [0.29, 0.717) is 0 Å². The maximum atomic E-state index is 8.90. The maximum absolute atomic E-state index is 8.90. The lowest BCUT2D eigenvalue weighted by molar-refractivity contribution is 1.47. The highest BCUT2D eigenvalue weighted by Gasteiger charge is 2.16. The summed E-state index contributed by atoms with van der Waals surface area (Å²) in [6.07, 6.45) is 3.24. The standard InChI is InChI=1S/C18H4N4S4/c19-5-9(6-20)1-11-3-13-15(23-11)17-18(25-13)16-14(26-17)4-12(24-16)2-10(7-21)8-22/h1-4H. The normalized spacial score (nSPS) is 10.2. The molecule has 8 heteroatoms. The summed E-state index contributed by atoms with van der Waals surface area (Å²) < 4.78 is 7.04. The Morgan fingerprint density at radius 1 is 0.615 bits per heavy atom. The summed E-state index contributed by atoms with van der Waals surface area (Å²) in [6.45, 7) is 0. The molecule has 0 spiro atoms. The first-order valence-electron chi connectivity index (χ1n) is 7.09. The SMILES string of the molecule is N#CC(C#N)=Cc1cc2sc3c4sc(C=C(C#N)C#N)cc4sc3c2s1. The zero-order valence-corrected chi connectivity index (χ0v) is 16.0. The molecule has 0 aliphatic rings. The van der Waals surface area contributed by atoms with Crippen LogP contribution in [0.1, 0.15) is 9.75 Å². The molecule has 4 aromatic heterocycles. The van der Waals surface area contributed by atoms with Gasteiger partial charge in [-0.15, -0.1) is 45.3 Å². The molecule has 0 N–H and O–H groups in total. The number of allylic oxidation sites excluding steroid dienone is 2. The molecule has 0 unspecified atom stereocenters. The Morgan fingerprint density at radius 2 is 1.00 bits per heavy atom. The summed E-state index contributed by atoms with van der Waals surface area (Å²) in [5, 5.41) is 35.6. The number of nitrogens with zero attached hydrogens (tertiary/aromatic N) is 4. The van der Waals surface area contributed by atoms with Crippen LogP contribution in [0.2, 0.25) is 0 Å². The lowest BCUT2D eigenvalue weighted by Crippen LogP contribution is -1.69. The quantitative estimate of drug-likeness (QED) is 0.369. The minimum atomic E-state index is 0.101. The van der Waals surface area contributed by atoms with E-state index >= 15 is 0 Å². The van der Waals surface area contributed by atoms with Gasteiger partial charge in [-0.05, 0) is 24.3 Å². The molecule has 4 rings (SSSR count). The van der Waals surface area contributed by atoms with Crippen LogP contribution in [0.4, 0.5) is 0 Å². The summed E-state index contributed by atoms with van der Waals surface area (Å²) in [4.78, 5) is 1.80. The Morgan fingerprint density at radius 3 is 1.35 bits per heavy atom. The topological polar surface area (TPSA) is 95.2 Å². The summed E-state index contributed by atoms with van der Waals surface area (Å²) in [5.74, 6) is 0. The summed E-state index contributed by atoms with van der Waals surface area (Å²) >= 11 is 6.54. The van der Waals surface area contributed by atoms with Gasteiger partial charge in [-0.25, -0.2) is 0 Å². The maximum Gasteiger partial charge on any atom is 0.131 e. The minimum Gasteiger partial charge on any atom is -0.192 e. The zero-order valence-electron chi connectivity index (χ0n) is 12.7. The molecular weight excluding hydrogens is 400 g/mol. The van der Waals surface area contributed by atoms with E-state index in [9.17, 15) is 0 Å². The molecule has 0 aliphatic carbocycles. The number of fused-ring (bicyclic) bond motifs is 5. The van der Waals surface area contributed by atoms with Gasteiger partial charge in [-0.2, -0.15) is 21.0 Å². The highest BCUT2D eigenvalue weighted by Crippen LogP contribution is 2.49. The fourth-order valence-corrected chi connectivity index (χ4v) is 8.01. The van der Waals surface area contributed by atoms with Gasteiger partial charge >= 0.3 is 0 Å². The molecule has 4 aromatic rings. The summed E-state index contributed by atoms with van der Waals surface area (Å²) in [6, 6.07) is 11.6. The zero-order chi connectivity index (χ0) is 18.3. The molecule has 26 heavy (non-hydrogen) atoms. The van der Waals surface area contributed by atoms with Gasteiger partial charge in [0.2, 0.25) is 0 Å². The van der Waals surface area contributed by atoms with Crippen molar-refractivity contribution in [1.29, 1.82) is 21.0 Å². The van der Waals surface area contributed by atoms with Gasteiger partial charge in [-0.3, -0.25) is 0 Å². The Labute approximate surface area is 163 Å². The molecule has 0 atom stereocenters. The van der Waals surface area contributed by atoms with Crippen LogP contribution in [0.25, 0.3) is 40.4 Å². The lowest BCUT2D eigenvalue weighted by Gasteiger charge is -1.84. The predicted octanol–water partition coefficient (Wildman–Crippen LogP) is 6.25. The first-order valence-corrected chi connectivity index (χ1v) is 10.4. The second kappa shape index (κ2) is 6.39. The first-order chi connectivity index (χ1) is 12.7. The fourth-order valence-electron chi connectivity index (χ4n) is 2.47. The molecule has 120 valence electrons. The van der Waals surface area contributed by atoms with Crippen molar-refractivity contribution in [2.75, 3.05) is 0 Å². The van der Waals surface area contributed by atoms with Crippen molar-refractivity contribution in [2.45, 2.75) is 0 Å². The molecule has 0 bridgehead atoms. The Balaban J connectivity index is 1.86. The average Bonchev–Trinajstić information content (AvgIpc) is 3.36. The number of hydrogen-bond donors (Lipinski definition) is 0. The molecule has 0 radical (unpaired) electrons. The van der Waals surface area contributed by atoms with Gasteiger partial charge in [0.25, 0.3) is 0 Å². The van der Waals surface area contributed by atoms with Crippen molar-refractivity contribution in [3.63, 3.8) is 0 Å². The minimum absolute atomic E-state index is 0.101. The molecule has 0 aliphatic heterocycles. The van der Waals surface area contributed by atoms with Crippen molar-refractivity contribution in [1.82, 2.24) is 0 Å². The van der Waals surface area contributed by atoms with E-state index < -0.39 is 0 Å². The van der Waals surface area contributed by atoms with Crippen LogP contribution < -0.4 is 0 Å². The molecule has 0 saturated carbocycles. The smallest absolute Gasteiger partial charge is 0.131 e. The van der Waals surface area contributed by atoms with E-state index in [4.69, 9.17) is 21.0 Å². The molecule has 4 nitrogen and oxygen atoms in total. The van der Waals surface area contributed by atoms with Crippen molar-refractivity contribution >= 4 is 85.7 Å². The van der Waals surface area contributed by atoms with Gasteiger partial charge in [0.1, 0.15) is 35.4 Å². The highest BCUT2D eigenvalue weighted by molar-refractivity contribution is 7.44. The number of hydrogen-bond acceptors (Lipinski definition) is 8. The summed E-state index contributed by atoms with van der Waals surface area (Å²) in [5.41, 5.74) is 0.203. The van der Waals surface area contributed by atoms with E-state index in [2.05, 4.69) is 0 Å². The van der Waals surface area contributed by atoms with Crippen molar-refractivity contribution in [3.8, 4) is 24.3 Å². The van der Waals surface area contributed by atoms with Gasteiger partial charge in [0, 0.05) is 19.2 Å². The van der Waals surface area contributed by atoms with Crippen LogP contribution >= 0.6 is 45.3 Å². The van der Waals surface area contributed by atoms with E-state index in [1.165, 1.54) is 18.8 Å². The molecule has 0 fully saturated rings. The monoisotopic (exact) mass is 404 g/mol. The van der Waals surface area contributed by atoms with Gasteiger partial charge in [-0.1, -0.05) is 0 Å². The highest BCUT2D eigenvalue weighted by atomic mass is 32.1. The Kier molecular flexibility index (Phi) is 4.05. The lowest BCUT2D eigenvalue weighted by atomic mass is 10.3. The number of nitriles is 4. The van der Waals surface area contributed by atoms with Crippen LogP contribution in [0.15, 0.2) is 23.3 Å². The molecule has 4 heterocycles. The van der Waals surface area contributed by atoms with Crippen LogP contribution in [-0.2, 0) is 0 Å². The fraction of sp³-hybridized carbons (Fsp3) is 0. The molecular formula is C18H4N4S4. The van der Waals surface area contributed by atoms with Crippen LogP contribution in [0.3, 0.4) is 0 Å². The Hall–Kier alpha value is -2.98. The van der Waals surface area contributed by atoms with Gasteiger partial charge in [0.15, 0.2) is 0 Å². The molecule has 0 amide bonds. The third-order valence-corrected chi connectivity index (χ3v) is 8.69. The third kappa shape index (κ3) is 2.59. The van der Waals surface area contributed by atoms with E-state index in [1.54, 1.807) is 57.5 Å². The second-order valence-electron chi connectivity index (χ2n) is 5.11. The van der Waals surface area contributed by atoms with Crippen molar-refractivity contribution < 1.29 is 0 Å². The molecule has 0 aromatic carbocycles. The molecule has 0 saturated heterocycles. The van der Waals surface area contributed by atoms with E-state index in [0.717, 1.165) is 19.2 Å².